The first-order chi connectivity index (χ1) is 5.38. The number of hydrogen-bond donors (Lipinski definition) is 0. The van der Waals surface area contributed by atoms with Crippen LogP contribution >= 0.6 is 0 Å². The average molecular weight is 144 g/mol. The van der Waals surface area contributed by atoms with E-state index >= 15 is 0 Å². The topological polar surface area (TPSA) is 0 Å². The summed E-state index contributed by atoms with van der Waals surface area (Å²) in [6.45, 7) is 4.21. The molecule has 0 heterocycles. The third-order valence-electron chi connectivity index (χ3n) is 4.66. The molecule has 0 aromatic rings. The first kappa shape index (κ1) is 5.18. The summed E-state index contributed by atoms with van der Waals surface area (Å²) < 4.78 is 0. The van der Waals surface area contributed by atoms with Crippen molar-refractivity contribution < 1.29 is 0 Å². The normalized spacial score (nSPS) is 61.6. The second-order valence-electron chi connectivity index (χ2n) is 4.69. The predicted molar refractivity (Wildman–Crippen MR) is 43.9 cm³/mol. The molecule has 5 atom stereocenters. The molecule has 0 radical (unpaired) electrons. The first-order valence-electron chi connectivity index (χ1n) is 4.75. The minimum atomic E-state index is 0.938. The Balaban J connectivity index is 1.94. The maximum absolute atomic E-state index is 4.21. The Labute approximate surface area is 67.0 Å². The van der Waals surface area contributed by atoms with Gasteiger partial charge in [0.2, 0.25) is 0 Å². The fourth-order valence-electron chi connectivity index (χ4n) is 4.25. The van der Waals surface area contributed by atoms with E-state index in [-0.39, 0.29) is 0 Å². The van der Waals surface area contributed by atoms with Crippen LogP contribution < -0.4 is 0 Å². The molecule has 0 spiro atoms. The summed E-state index contributed by atoms with van der Waals surface area (Å²) in [7, 11) is 0. The van der Waals surface area contributed by atoms with Gasteiger partial charge in [0, 0.05) is 0 Å². The predicted octanol–water partition coefficient (Wildman–Crippen LogP) is 2.38. The summed E-state index contributed by atoms with van der Waals surface area (Å²) in [4.78, 5) is 0. The van der Waals surface area contributed by atoms with E-state index in [1.807, 2.05) is 0 Å². The molecule has 3 fully saturated rings. The third-order valence-corrected chi connectivity index (χ3v) is 4.66. The Kier molecular flexibility index (Phi) is 0.583. The molecule has 4 aliphatic carbocycles. The van der Waals surface area contributed by atoms with Crippen molar-refractivity contribution in [1.82, 2.24) is 0 Å². The standard InChI is InChI=1S/C11H12/c1-5-8-4-6-2-3-7-9(5)11(8)10(6)7/h2,7-11H,1,3-4H2. The highest BCUT2D eigenvalue weighted by Crippen LogP contribution is 2.75. The van der Waals surface area contributed by atoms with Crippen LogP contribution in [0.1, 0.15) is 12.8 Å². The van der Waals surface area contributed by atoms with Crippen LogP contribution in [0.4, 0.5) is 0 Å². The molecule has 0 saturated heterocycles. The lowest BCUT2D eigenvalue weighted by molar-refractivity contribution is -0.0308. The van der Waals surface area contributed by atoms with E-state index in [4.69, 9.17) is 0 Å². The number of rotatable bonds is 0. The molecule has 4 aliphatic rings. The van der Waals surface area contributed by atoms with E-state index in [9.17, 15) is 0 Å². The van der Waals surface area contributed by atoms with Crippen LogP contribution in [0, 0.1) is 29.6 Å². The maximum Gasteiger partial charge on any atom is -0.0126 e. The van der Waals surface area contributed by atoms with Gasteiger partial charge < -0.3 is 0 Å². The molecule has 0 N–H and O–H groups in total. The maximum atomic E-state index is 4.21. The van der Waals surface area contributed by atoms with Crippen molar-refractivity contribution in [2.75, 3.05) is 0 Å². The van der Waals surface area contributed by atoms with E-state index < -0.39 is 0 Å². The van der Waals surface area contributed by atoms with Gasteiger partial charge in [-0.2, -0.15) is 0 Å². The Morgan fingerprint density at radius 2 is 2.27 bits per heavy atom. The molecule has 0 amide bonds. The summed E-state index contributed by atoms with van der Waals surface area (Å²) >= 11 is 0. The van der Waals surface area contributed by atoms with E-state index in [0.29, 0.717) is 0 Å². The lowest BCUT2D eigenvalue weighted by Gasteiger charge is -2.59. The van der Waals surface area contributed by atoms with E-state index in [1.54, 1.807) is 11.1 Å². The minimum absolute atomic E-state index is 0.938. The van der Waals surface area contributed by atoms with Crippen molar-refractivity contribution in [1.29, 1.82) is 0 Å². The molecule has 0 aromatic carbocycles. The molecule has 0 aromatic heterocycles. The molecule has 11 heavy (non-hydrogen) atoms. The van der Waals surface area contributed by atoms with Gasteiger partial charge >= 0.3 is 0 Å². The van der Waals surface area contributed by atoms with Gasteiger partial charge in [0.05, 0.1) is 0 Å². The highest BCUT2D eigenvalue weighted by molar-refractivity contribution is 5.44. The van der Waals surface area contributed by atoms with Crippen LogP contribution in [0.3, 0.4) is 0 Å². The summed E-state index contributed by atoms with van der Waals surface area (Å²) in [5.74, 6) is 5.08. The van der Waals surface area contributed by atoms with Crippen molar-refractivity contribution in [2.24, 2.45) is 29.6 Å². The fraction of sp³-hybridized carbons (Fsp3) is 0.636. The van der Waals surface area contributed by atoms with Gasteiger partial charge in [-0.15, -0.1) is 0 Å². The smallest absolute Gasteiger partial charge is 0.0126 e. The van der Waals surface area contributed by atoms with Gasteiger partial charge in [0.1, 0.15) is 0 Å². The molecule has 0 nitrogen and oxygen atoms in total. The molecule has 56 valence electrons. The van der Waals surface area contributed by atoms with Gasteiger partial charge in [0.15, 0.2) is 0 Å². The summed E-state index contributed by atoms with van der Waals surface area (Å²) in [6, 6.07) is 0. The van der Waals surface area contributed by atoms with Crippen molar-refractivity contribution in [2.45, 2.75) is 12.8 Å². The van der Waals surface area contributed by atoms with Crippen molar-refractivity contribution in [3.63, 3.8) is 0 Å². The number of hydrogen-bond acceptors (Lipinski definition) is 0. The second kappa shape index (κ2) is 1.24. The lowest BCUT2D eigenvalue weighted by Crippen LogP contribution is -2.54. The van der Waals surface area contributed by atoms with Crippen LogP contribution in [0.2, 0.25) is 0 Å². The highest BCUT2D eigenvalue weighted by Gasteiger charge is 2.68. The quantitative estimate of drug-likeness (QED) is 0.458. The van der Waals surface area contributed by atoms with E-state index in [1.165, 1.54) is 12.8 Å². The summed E-state index contributed by atoms with van der Waals surface area (Å²) in [5.41, 5.74) is 3.42. The Bertz CT molecular complexity index is 297. The Hall–Kier alpha value is -0.520. The molecule has 0 heteroatoms. The van der Waals surface area contributed by atoms with E-state index in [0.717, 1.165) is 29.6 Å². The van der Waals surface area contributed by atoms with Gasteiger partial charge in [-0.05, 0) is 42.4 Å². The molecular weight excluding hydrogens is 132 g/mol. The van der Waals surface area contributed by atoms with Gasteiger partial charge in [-0.1, -0.05) is 23.8 Å². The summed E-state index contributed by atoms with van der Waals surface area (Å²) in [5, 5.41) is 0. The van der Waals surface area contributed by atoms with Crippen LogP contribution in [0.15, 0.2) is 23.8 Å². The Morgan fingerprint density at radius 1 is 1.36 bits per heavy atom. The first-order valence-corrected chi connectivity index (χ1v) is 4.75. The zero-order valence-corrected chi connectivity index (χ0v) is 6.59. The zero-order chi connectivity index (χ0) is 7.16. The molecule has 0 bridgehead atoms. The van der Waals surface area contributed by atoms with Crippen LogP contribution in [-0.2, 0) is 0 Å². The largest absolute Gasteiger partial charge is 0.0993 e. The lowest BCUT2D eigenvalue weighted by atomic mass is 9.44. The highest BCUT2D eigenvalue weighted by atomic mass is 14.7. The SMILES string of the molecule is C=C1C2CC3=CCC4C1C2C34. The van der Waals surface area contributed by atoms with Crippen LogP contribution in [-0.4, -0.2) is 0 Å². The van der Waals surface area contributed by atoms with Crippen LogP contribution in [0.5, 0.6) is 0 Å². The number of allylic oxidation sites excluding steroid dienone is 3. The molecule has 5 unspecified atom stereocenters. The fourth-order valence-corrected chi connectivity index (χ4v) is 4.25. The minimum Gasteiger partial charge on any atom is -0.0993 e. The van der Waals surface area contributed by atoms with E-state index in [2.05, 4.69) is 12.7 Å². The monoisotopic (exact) mass is 144 g/mol. The van der Waals surface area contributed by atoms with Gasteiger partial charge in [-0.25, -0.2) is 0 Å². The van der Waals surface area contributed by atoms with Gasteiger partial charge in [0.25, 0.3) is 0 Å². The average Bonchev–Trinajstić information content (AvgIpc) is 2.28. The molecule has 0 aliphatic heterocycles. The summed E-state index contributed by atoms with van der Waals surface area (Å²) in [6.07, 6.45) is 5.29. The van der Waals surface area contributed by atoms with Crippen molar-refractivity contribution in [3.8, 4) is 0 Å². The zero-order valence-electron chi connectivity index (χ0n) is 6.59. The van der Waals surface area contributed by atoms with Crippen molar-refractivity contribution >= 4 is 0 Å². The second-order valence-corrected chi connectivity index (χ2v) is 4.69. The Morgan fingerprint density at radius 3 is 3.18 bits per heavy atom. The van der Waals surface area contributed by atoms with Crippen LogP contribution in [0.25, 0.3) is 0 Å². The molecular formula is C11H12. The van der Waals surface area contributed by atoms with Crippen molar-refractivity contribution in [3.05, 3.63) is 23.8 Å². The third kappa shape index (κ3) is 0.324. The number of fused-ring (bicyclic) bond motifs is 1. The molecule has 3 saturated carbocycles. The van der Waals surface area contributed by atoms with Gasteiger partial charge in [-0.3, -0.25) is 0 Å². The molecule has 4 rings (SSSR count).